The van der Waals surface area contributed by atoms with Crippen molar-refractivity contribution in [1.82, 2.24) is 5.32 Å². The second-order valence-corrected chi connectivity index (χ2v) is 5.12. The van der Waals surface area contributed by atoms with Crippen LogP contribution in [0.15, 0.2) is 48.5 Å². The summed E-state index contributed by atoms with van der Waals surface area (Å²) in [6.07, 6.45) is 1.52. The summed E-state index contributed by atoms with van der Waals surface area (Å²) in [5, 5.41) is 12.2. The van der Waals surface area contributed by atoms with Gasteiger partial charge < -0.3 is 19.9 Å². The Morgan fingerprint density at radius 1 is 1.04 bits per heavy atom. The first-order chi connectivity index (χ1) is 11.6. The van der Waals surface area contributed by atoms with Crippen LogP contribution in [0.2, 0.25) is 0 Å². The minimum Gasteiger partial charge on any atom is -0.504 e. The van der Waals surface area contributed by atoms with Gasteiger partial charge in [0.15, 0.2) is 18.1 Å². The van der Waals surface area contributed by atoms with E-state index in [0.29, 0.717) is 18.9 Å². The van der Waals surface area contributed by atoms with E-state index in [4.69, 9.17) is 9.47 Å². The molecular formula is C18H20FNO4. The molecule has 5 nitrogen and oxygen atoms in total. The molecule has 0 aromatic heterocycles. The number of ether oxygens (including phenoxy) is 2. The highest BCUT2D eigenvalue weighted by Gasteiger charge is 2.05. The second kappa shape index (κ2) is 9.39. The Balaban J connectivity index is 1.53. The predicted octanol–water partition coefficient (Wildman–Crippen LogP) is 2.89. The number of phenols is 1. The summed E-state index contributed by atoms with van der Waals surface area (Å²) in [4.78, 5) is 11.6. The molecule has 2 N–H and O–H groups in total. The van der Waals surface area contributed by atoms with Gasteiger partial charge in [0, 0.05) is 6.54 Å². The third kappa shape index (κ3) is 6.16. The average Bonchev–Trinajstić information content (AvgIpc) is 2.59. The molecule has 0 aliphatic rings. The minimum atomic E-state index is -0.295. The van der Waals surface area contributed by atoms with E-state index in [1.165, 1.54) is 18.2 Å². The van der Waals surface area contributed by atoms with Gasteiger partial charge in [-0.05, 0) is 49.2 Å². The zero-order valence-corrected chi connectivity index (χ0v) is 13.2. The SMILES string of the molecule is O=C(COc1ccccc1O)NCCCCOc1ccc(F)cc1. The fourth-order valence-corrected chi connectivity index (χ4v) is 1.95. The molecule has 0 bridgehead atoms. The average molecular weight is 333 g/mol. The Hall–Kier alpha value is -2.76. The number of halogens is 1. The molecule has 0 heterocycles. The highest BCUT2D eigenvalue weighted by atomic mass is 19.1. The van der Waals surface area contributed by atoms with E-state index < -0.39 is 0 Å². The maximum absolute atomic E-state index is 12.7. The number of aromatic hydroxyl groups is 1. The minimum absolute atomic E-state index is 0.00300. The van der Waals surface area contributed by atoms with Crippen LogP contribution in [0.3, 0.4) is 0 Å². The van der Waals surface area contributed by atoms with Gasteiger partial charge in [-0.25, -0.2) is 4.39 Å². The van der Waals surface area contributed by atoms with Crippen LogP contribution < -0.4 is 14.8 Å². The molecule has 2 aromatic carbocycles. The van der Waals surface area contributed by atoms with Crippen molar-refractivity contribution in [3.63, 3.8) is 0 Å². The number of para-hydroxylation sites is 2. The van der Waals surface area contributed by atoms with Crippen LogP contribution in [0.4, 0.5) is 4.39 Å². The van der Waals surface area contributed by atoms with Gasteiger partial charge in [0.2, 0.25) is 0 Å². The van der Waals surface area contributed by atoms with Gasteiger partial charge in [-0.15, -0.1) is 0 Å². The molecule has 0 atom stereocenters. The Morgan fingerprint density at radius 2 is 1.79 bits per heavy atom. The molecular weight excluding hydrogens is 313 g/mol. The summed E-state index contributed by atoms with van der Waals surface area (Å²) in [6, 6.07) is 12.3. The topological polar surface area (TPSA) is 67.8 Å². The molecule has 2 rings (SSSR count). The van der Waals surface area contributed by atoms with Crippen molar-refractivity contribution in [2.24, 2.45) is 0 Å². The lowest BCUT2D eigenvalue weighted by atomic mass is 10.3. The highest BCUT2D eigenvalue weighted by molar-refractivity contribution is 5.77. The number of amides is 1. The number of hydrogen-bond acceptors (Lipinski definition) is 4. The molecule has 6 heteroatoms. The molecule has 1 amide bonds. The maximum Gasteiger partial charge on any atom is 0.257 e. The molecule has 0 spiro atoms. The third-order valence-electron chi connectivity index (χ3n) is 3.20. The largest absolute Gasteiger partial charge is 0.504 e. The standard InChI is InChI=1S/C18H20FNO4/c19-14-7-9-15(10-8-14)23-12-4-3-11-20-18(22)13-24-17-6-2-1-5-16(17)21/h1-2,5-10,21H,3-4,11-13H2,(H,20,22). The lowest BCUT2D eigenvalue weighted by Crippen LogP contribution is -2.29. The summed E-state index contributed by atoms with van der Waals surface area (Å²) in [5.41, 5.74) is 0. The van der Waals surface area contributed by atoms with Crippen LogP contribution in [-0.4, -0.2) is 30.8 Å². The first kappa shape index (κ1) is 17.6. The van der Waals surface area contributed by atoms with Crippen LogP contribution >= 0.6 is 0 Å². The van der Waals surface area contributed by atoms with E-state index in [2.05, 4.69) is 5.32 Å². The van der Waals surface area contributed by atoms with Gasteiger partial charge >= 0.3 is 0 Å². The zero-order chi connectivity index (χ0) is 17.2. The van der Waals surface area contributed by atoms with Gasteiger partial charge in [0.25, 0.3) is 5.91 Å². The van der Waals surface area contributed by atoms with Gasteiger partial charge in [-0.2, -0.15) is 0 Å². The van der Waals surface area contributed by atoms with Crippen molar-refractivity contribution in [3.8, 4) is 17.2 Å². The van der Waals surface area contributed by atoms with Crippen molar-refractivity contribution in [2.45, 2.75) is 12.8 Å². The summed E-state index contributed by atoms with van der Waals surface area (Å²) < 4.78 is 23.4. The monoisotopic (exact) mass is 333 g/mol. The van der Waals surface area contributed by atoms with E-state index in [1.54, 1.807) is 30.3 Å². The van der Waals surface area contributed by atoms with Crippen LogP contribution in [0.5, 0.6) is 17.2 Å². The van der Waals surface area contributed by atoms with Gasteiger partial charge in [-0.1, -0.05) is 12.1 Å². The Bertz CT molecular complexity index is 646. The van der Waals surface area contributed by atoms with Crippen LogP contribution in [0.25, 0.3) is 0 Å². The lowest BCUT2D eigenvalue weighted by molar-refractivity contribution is -0.123. The first-order valence-corrected chi connectivity index (χ1v) is 7.71. The second-order valence-electron chi connectivity index (χ2n) is 5.12. The first-order valence-electron chi connectivity index (χ1n) is 7.71. The fourth-order valence-electron chi connectivity index (χ4n) is 1.95. The van der Waals surface area contributed by atoms with Crippen LogP contribution in [-0.2, 0) is 4.79 Å². The van der Waals surface area contributed by atoms with Crippen LogP contribution in [0.1, 0.15) is 12.8 Å². The molecule has 0 unspecified atom stereocenters. The molecule has 2 aromatic rings. The van der Waals surface area contributed by atoms with Crippen molar-refractivity contribution < 1.29 is 23.8 Å². The lowest BCUT2D eigenvalue weighted by Gasteiger charge is -2.09. The molecule has 0 radical (unpaired) electrons. The summed E-state index contributed by atoms with van der Waals surface area (Å²) >= 11 is 0. The van der Waals surface area contributed by atoms with Crippen molar-refractivity contribution in [3.05, 3.63) is 54.3 Å². The molecule has 0 aliphatic heterocycles. The number of benzene rings is 2. The Labute approximate surface area is 140 Å². The number of carbonyl (C=O) groups is 1. The Morgan fingerprint density at radius 3 is 2.54 bits per heavy atom. The van der Waals surface area contributed by atoms with E-state index in [9.17, 15) is 14.3 Å². The van der Waals surface area contributed by atoms with Gasteiger partial charge in [0.05, 0.1) is 6.61 Å². The number of phenolic OH excluding ortho intramolecular Hbond substituents is 1. The van der Waals surface area contributed by atoms with E-state index >= 15 is 0 Å². The van der Waals surface area contributed by atoms with E-state index in [0.717, 1.165) is 12.8 Å². The summed E-state index contributed by atoms with van der Waals surface area (Å²) in [6.45, 7) is 0.856. The number of hydrogen-bond donors (Lipinski definition) is 2. The van der Waals surface area contributed by atoms with E-state index in [-0.39, 0.29) is 29.8 Å². The normalized spacial score (nSPS) is 10.2. The number of carbonyl (C=O) groups excluding carboxylic acids is 1. The van der Waals surface area contributed by atoms with Crippen molar-refractivity contribution >= 4 is 5.91 Å². The maximum atomic E-state index is 12.7. The predicted molar refractivity (Wildman–Crippen MR) is 87.7 cm³/mol. The quantitative estimate of drug-likeness (QED) is 0.693. The summed E-state index contributed by atoms with van der Waals surface area (Å²) in [5.74, 6) is 0.355. The highest BCUT2D eigenvalue weighted by Crippen LogP contribution is 2.23. The van der Waals surface area contributed by atoms with Crippen molar-refractivity contribution in [2.75, 3.05) is 19.8 Å². The molecule has 24 heavy (non-hydrogen) atoms. The molecule has 128 valence electrons. The molecule has 0 saturated heterocycles. The Kier molecular flexibility index (Phi) is 6.89. The molecule has 0 saturated carbocycles. The van der Waals surface area contributed by atoms with Crippen molar-refractivity contribution in [1.29, 1.82) is 0 Å². The third-order valence-corrected chi connectivity index (χ3v) is 3.20. The fraction of sp³-hybridized carbons (Fsp3) is 0.278. The smallest absolute Gasteiger partial charge is 0.257 e. The zero-order valence-electron chi connectivity index (χ0n) is 13.2. The van der Waals surface area contributed by atoms with Gasteiger partial charge in [0.1, 0.15) is 11.6 Å². The van der Waals surface area contributed by atoms with Gasteiger partial charge in [-0.3, -0.25) is 4.79 Å². The van der Waals surface area contributed by atoms with Crippen LogP contribution in [0, 0.1) is 5.82 Å². The number of nitrogens with one attached hydrogen (secondary N) is 1. The molecule has 0 fully saturated rings. The summed E-state index contributed by atoms with van der Waals surface area (Å²) in [7, 11) is 0. The number of unbranched alkanes of at least 4 members (excludes halogenated alkanes) is 1. The van der Waals surface area contributed by atoms with E-state index in [1.807, 2.05) is 0 Å². The molecule has 0 aliphatic carbocycles. The number of rotatable bonds is 9.